The first-order valence-electron chi connectivity index (χ1n) is 9.42. The summed E-state index contributed by atoms with van der Waals surface area (Å²) in [5.74, 6) is -1.65. The van der Waals surface area contributed by atoms with Crippen LogP contribution in [-0.4, -0.2) is 7.11 Å². The Morgan fingerprint density at radius 1 is 0.395 bits per heavy atom. The van der Waals surface area contributed by atoms with E-state index in [1.807, 2.05) is 0 Å². The van der Waals surface area contributed by atoms with Gasteiger partial charge in [-0.25, -0.2) is 0 Å². The summed E-state index contributed by atoms with van der Waals surface area (Å²) >= 11 is 75.8. The van der Waals surface area contributed by atoms with Gasteiger partial charge in [-0.05, 0) is 0 Å². The monoisotopic (exact) mass is 779 g/mol. The van der Waals surface area contributed by atoms with Crippen molar-refractivity contribution >= 4 is 147 Å². The molecule has 19 heteroatoms. The molecule has 0 aromatic heterocycles. The standard InChI is InChI=1S/C19H4Cl12O6P/c1-32-14-8(26)2(20)3(21)9(27)15(14)33-38(34-16-10(28)4(22)5(23)11(29)17(16)35-38)36-18-12(30)6(24)7(25)13(31)19(18)37-38/h38H,1H3/q-1. The molecule has 5 rings (SSSR count). The number of benzene rings is 3. The topological polar surface area (TPSA) is 55.4 Å². The zero-order valence-corrected chi connectivity index (χ0v) is 27.6. The summed E-state index contributed by atoms with van der Waals surface area (Å²) in [6.45, 7) is 0. The number of hydrogen-bond donors (Lipinski definition) is 0. The molecule has 3 aromatic rings. The Balaban J connectivity index is 1.82. The zero-order valence-electron chi connectivity index (χ0n) is 17.5. The van der Waals surface area contributed by atoms with Crippen molar-refractivity contribution < 1.29 is 27.4 Å². The van der Waals surface area contributed by atoms with Gasteiger partial charge in [0, 0.05) is 0 Å². The molecule has 2 heterocycles. The Kier molecular flexibility index (Phi) is 7.84. The van der Waals surface area contributed by atoms with Gasteiger partial charge in [-0.2, -0.15) is 0 Å². The number of fused-ring (bicyclic) bond motifs is 2. The van der Waals surface area contributed by atoms with Crippen molar-refractivity contribution in [2.75, 3.05) is 7.11 Å². The summed E-state index contributed by atoms with van der Waals surface area (Å²) in [7, 11) is -4.74. The van der Waals surface area contributed by atoms with Crippen LogP contribution in [0.2, 0.25) is 60.3 Å². The van der Waals surface area contributed by atoms with Crippen molar-refractivity contribution in [1.29, 1.82) is 0 Å². The van der Waals surface area contributed by atoms with E-state index in [9.17, 15) is 0 Å². The maximum absolute atomic E-state index is 6.47. The molecule has 0 atom stereocenters. The average Bonchev–Trinajstić information content (AvgIpc) is 3.42. The fourth-order valence-electron chi connectivity index (χ4n) is 3.45. The van der Waals surface area contributed by atoms with Crippen LogP contribution >= 0.6 is 147 Å². The van der Waals surface area contributed by atoms with Crippen LogP contribution < -0.4 is 27.4 Å². The Morgan fingerprint density at radius 2 is 0.658 bits per heavy atom. The molecule has 1 spiro atoms. The minimum absolute atomic E-state index is 0.139. The number of ether oxygens (including phenoxy) is 1. The number of methoxy groups -OCH3 is 1. The van der Waals surface area contributed by atoms with Gasteiger partial charge in [-0.1, -0.05) is 0 Å². The van der Waals surface area contributed by atoms with Crippen molar-refractivity contribution in [1.82, 2.24) is 0 Å². The summed E-state index contributed by atoms with van der Waals surface area (Å²) in [5.41, 5.74) is 0. The van der Waals surface area contributed by atoms with Gasteiger partial charge in [0.2, 0.25) is 0 Å². The first-order chi connectivity index (χ1) is 17.7. The first-order valence-corrected chi connectivity index (χ1v) is 16.0. The van der Waals surface area contributed by atoms with E-state index in [-0.39, 0.29) is 94.8 Å². The van der Waals surface area contributed by atoms with Crippen LogP contribution in [-0.2, 0) is 0 Å². The van der Waals surface area contributed by atoms with Crippen LogP contribution in [0.4, 0.5) is 0 Å². The third kappa shape index (κ3) is 4.18. The Bertz CT molecular complexity index is 1440. The van der Waals surface area contributed by atoms with E-state index in [4.69, 9.17) is 167 Å². The molecule has 0 N–H and O–H groups in total. The van der Waals surface area contributed by atoms with Gasteiger partial charge in [0.15, 0.2) is 0 Å². The van der Waals surface area contributed by atoms with E-state index < -0.39 is 7.74 Å². The van der Waals surface area contributed by atoms with Gasteiger partial charge in [-0.3, -0.25) is 0 Å². The molecule has 0 radical (unpaired) electrons. The van der Waals surface area contributed by atoms with E-state index in [0.717, 1.165) is 0 Å². The summed E-state index contributed by atoms with van der Waals surface area (Å²) in [4.78, 5) is 0. The molecule has 0 amide bonds. The van der Waals surface area contributed by atoms with Crippen LogP contribution in [0.5, 0.6) is 34.5 Å². The van der Waals surface area contributed by atoms with Crippen LogP contribution in [0.3, 0.4) is 0 Å². The molecule has 2 aliphatic heterocycles. The second-order valence-electron chi connectivity index (χ2n) is 7.29. The second kappa shape index (κ2) is 9.98. The normalized spacial score (nSPS) is 16.9. The van der Waals surface area contributed by atoms with E-state index >= 15 is 0 Å². The molecule has 0 fully saturated rings. The molecular weight excluding hydrogens is 781 g/mol. The molecule has 0 aliphatic carbocycles. The van der Waals surface area contributed by atoms with Crippen LogP contribution in [0.1, 0.15) is 0 Å². The van der Waals surface area contributed by atoms with Gasteiger partial charge >= 0.3 is 276 Å². The van der Waals surface area contributed by atoms with Crippen LogP contribution in [0.25, 0.3) is 0 Å². The van der Waals surface area contributed by atoms with Crippen molar-refractivity contribution in [2.45, 2.75) is 0 Å². The first kappa shape index (κ1) is 29.8. The molecular formula is C19H4Cl12O6P-. The predicted octanol–water partition coefficient (Wildman–Crippen LogP) is 12.7. The predicted molar refractivity (Wildman–Crippen MR) is 157 cm³/mol. The number of halogens is 12. The molecule has 206 valence electrons. The molecule has 38 heavy (non-hydrogen) atoms. The number of rotatable bonds is 3. The Morgan fingerprint density at radius 3 is 0.947 bits per heavy atom. The molecule has 0 saturated heterocycles. The fraction of sp³-hybridized carbons (Fsp3) is 0.0526. The SMILES string of the molecule is COc1c(Cl)c(Cl)c(Cl)c(Cl)c1O[PH-]12(Oc3c(Cl)c(Cl)c(Cl)c(Cl)c3O1)Oc1c(Cl)c(Cl)c(Cl)c(Cl)c1O2. The van der Waals surface area contributed by atoms with Crippen molar-refractivity contribution in [2.24, 2.45) is 0 Å². The fourth-order valence-corrected chi connectivity index (χ4v) is 9.56. The molecule has 0 saturated carbocycles. The van der Waals surface area contributed by atoms with Gasteiger partial charge < -0.3 is 0 Å². The summed E-state index contributed by atoms with van der Waals surface area (Å²) in [5, 5.41) is -2.43. The van der Waals surface area contributed by atoms with Crippen molar-refractivity contribution in [3.8, 4) is 34.5 Å². The van der Waals surface area contributed by atoms with E-state index in [1.54, 1.807) is 0 Å². The van der Waals surface area contributed by atoms with Gasteiger partial charge in [0.1, 0.15) is 0 Å². The zero-order chi connectivity index (χ0) is 28.1. The van der Waals surface area contributed by atoms with E-state index in [1.165, 1.54) is 7.11 Å². The molecule has 0 unspecified atom stereocenters. The van der Waals surface area contributed by atoms with Crippen molar-refractivity contribution in [3.63, 3.8) is 0 Å². The Hall–Kier alpha value is 0.370. The minimum atomic E-state index is -5.99. The summed E-state index contributed by atoms with van der Waals surface area (Å²) < 4.78 is 35.9. The quantitative estimate of drug-likeness (QED) is 0.150. The third-order valence-electron chi connectivity index (χ3n) is 5.10. The number of hydrogen-bond acceptors (Lipinski definition) is 6. The van der Waals surface area contributed by atoms with Crippen LogP contribution in [0.15, 0.2) is 0 Å². The molecule has 3 aromatic carbocycles. The van der Waals surface area contributed by atoms with Gasteiger partial charge in [0.05, 0.1) is 0 Å². The summed E-state index contributed by atoms with van der Waals surface area (Å²) in [6.07, 6.45) is 0. The van der Waals surface area contributed by atoms with E-state index in [2.05, 4.69) is 0 Å². The molecule has 2 aliphatic rings. The van der Waals surface area contributed by atoms with Gasteiger partial charge in [0.25, 0.3) is 0 Å². The van der Waals surface area contributed by atoms with Crippen molar-refractivity contribution in [3.05, 3.63) is 60.3 Å². The maximum atomic E-state index is 6.47. The van der Waals surface area contributed by atoms with Crippen LogP contribution in [0, 0.1) is 0 Å². The average molecular weight is 785 g/mol. The Labute approximate surface area is 273 Å². The third-order valence-corrected chi connectivity index (χ3v) is 13.1. The summed E-state index contributed by atoms with van der Waals surface area (Å²) in [6, 6.07) is 0. The second-order valence-corrected chi connectivity index (χ2v) is 14.5. The van der Waals surface area contributed by atoms with Gasteiger partial charge in [-0.15, -0.1) is 0 Å². The van der Waals surface area contributed by atoms with E-state index in [0.29, 0.717) is 0 Å². The molecule has 0 bridgehead atoms. The molecule has 6 nitrogen and oxygen atoms in total.